The number of hydrogen-bond donors (Lipinski definition) is 0. The molecule has 166 valence electrons. The first-order chi connectivity index (χ1) is 15.7. The van der Waals surface area contributed by atoms with Gasteiger partial charge in [-0.2, -0.15) is 0 Å². The van der Waals surface area contributed by atoms with Crippen molar-refractivity contribution in [3.05, 3.63) is 54.3 Å². The lowest BCUT2D eigenvalue weighted by Gasteiger charge is -2.33. The molecule has 0 saturated carbocycles. The number of hydrogen-bond acceptors (Lipinski definition) is 7. The molecule has 1 aromatic heterocycles. The van der Waals surface area contributed by atoms with Crippen molar-refractivity contribution < 1.29 is 14.3 Å². The normalized spacial score (nSPS) is 22.8. The van der Waals surface area contributed by atoms with Crippen molar-refractivity contribution in [1.82, 2.24) is 4.98 Å². The third kappa shape index (κ3) is 3.72. The molecular weight excluding hydrogens is 404 g/mol. The number of carbonyl (C=O) groups excluding carboxylic acids is 1. The number of carbonyl (C=O) groups is 1. The summed E-state index contributed by atoms with van der Waals surface area (Å²) in [6.45, 7) is 3.93. The Labute approximate surface area is 188 Å². The number of piperidine rings is 1. The Morgan fingerprint density at radius 2 is 2.03 bits per heavy atom. The molecule has 7 nitrogen and oxygen atoms in total. The lowest BCUT2D eigenvalue weighted by Crippen LogP contribution is -2.37. The van der Waals surface area contributed by atoms with Crippen molar-refractivity contribution in [2.24, 2.45) is 10.9 Å². The fourth-order valence-corrected chi connectivity index (χ4v) is 4.73. The maximum absolute atomic E-state index is 12.1. The van der Waals surface area contributed by atoms with E-state index in [-0.39, 0.29) is 24.0 Å². The number of para-hydroxylation sites is 1. The molecule has 0 bridgehead atoms. The van der Waals surface area contributed by atoms with E-state index in [1.165, 1.54) is 0 Å². The molecule has 2 aromatic rings. The van der Waals surface area contributed by atoms with Gasteiger partial charge in [-0.3, -0.25) is 9.79 Å². The van der Waals surface area contributed by atoms with Crippen LogP contribution in [0.5, 0.6) is 0 Å². The summed E-state index contributed by atoms with van der Waals surface area (Å²) in [7, 11) is 1.68. The molecule has 2 atom stereocenters. The van der Waals surface area contributed by atoms with Crippen LogP contribution in [0, 0.1) is 5.92 Å². The van der Waals surface area contributed by atoms with Crippen molar-refractivity contribution in [2.45, 2.75) is 31.8 Å². The van der Waals surface area contributed by atoms with Crippen LogP contribution in [-0.4, -0.2) is 56.2 Å². The van der Waals surface area contributed by atoms with E-state index < -0.39 is 0 Å². The minimum atomic E-state index is -0.0698. The quantitative estimate of drug-likeness (QED) is 0.671. The smallest absolute Gasteiger partial charge is 0.309 e. The third-order valence-electron chi connectivity index (χ3n) is 6.47. The van der Waals surface area contributed by atoms with E-state index in [9.17, 15) is 4.79 Å². The van der Waals surface area contributed by atoms with E-state index in [1.54, 1.807) is 7.11 Å². The number of nitrogens with zero attached hydrogens (tertiary/aromatic N) is 4. The minimum Gasteiger partial charge on any atom is -0.497 e. The summed E-state index contributed by atoms with van der Waals surface area (Å²) < 4.78 is 10.6. The Morgan fingerprint density at radius 1 is 1.19 bits per heavy atom. The second-order valence-corrected chi connectivity index (χ2v) is 8.32. The van der Waals surface area contributed by atoms with E-state index in [0.717, 1.165) is 54.1 Å². The maximum atomic E-state index is 12.1. The molecule has 1 fully saturated rings. The lowest BCUT2D eigenvalue weighted by molar-refractivity contribution is -0.148. The van der Waals surface area contributed by atoms with Crippen LogP contribution >= 0.6 is 0 Å². The summed E-state index contributed by atoms with van der Waals surface area (Å²) in [5.74, 6) is 1.64. The fraction of sp³-hybridized carbons (Fsp3) is 0.400. The second kappa shape index (κ2) is 8.65. The molecule has 7 heteroatoms. The molecule has 32 heavy (non-hydrogen) atoms. The second-order valence-electron chi connectivity index (χ2n) is 8.32. The van der Waals surface area contributed by atoms with Crippen molar-refractivity contribution in [2.75, 3.05) is 36.6 Å². The number of esters is 1. The van der Waals surface area contributed by atoms with Crippen molar-refractivity contribution in [1.29, 1.82) is 0 Å². The van der Waals surface area contributed by atoms with Crippen LogP contribution in [0.2, 0.25) is 0 Å². The largest absolute Gasteiger partial charge is 0.497 e. The first-order valence-corrected chi connectivity index (χ1v) is 11.2. The summed E-state index contributed by atoms with van der Waals surface area (Å²) in [6.07, 6.45) is 9.63. The van der Waals surface area contributed by atoms with Gasteiger partial charge in [-0.15, -0.1) is 0 Å². The Kier molecular flexibility index (Phi) is 5.55. The predicted octanol–water partition coefficient (Wildman–Crippen LogP) is 3.70. The average molecular weight is 433 g/mol. The number of benzene rings is 1. The Morgan fingerprint density at radius 3 is 2.81 bits per heavy atom. The molecule has 2 aliphatic heterocycles. The number of aliphatic imine (C=N–C) groups is 1. The zero-order valence-corrected chi connectivity index (χ0v) is 18.5. The summed E-state index contributed by atoms with van der Waals surface area (Å²) in [5, 5.41) is 1.10. The molecule has 1 saturated heterocycles. The highest BCUT2D eigenvalue weighted by atomic mass is 16.5. The van der Waals surface area contributed by atoms with Crippen LogP contribution in [0.15, 0.2) is 59.3 Å². The number of fused-ring (bicyclic) bond motifs is 2. The van der Waals surface area contributed by atoms with Gasteiger partial charge in [0.05, 0.1) is 49.3 Å². The first-order valence-electron chi connectivity index (χ1n) is 11.2. The van der Waals surface area contributed by atoms with Crippen molar-refractivity contribution in [3.63, 3.8) is 0 Å². The van der Waals surface area contributed by atoms with E-state index in [0.29, 0.717) is 6.61 Å². The van der Waals surface area contributed by atoms with Crippen molar-refractivity contribution >= 4 is 34.7 Å². The Balaban J connectivity index is 1.39. The van der Waals surface area contributed by atoms with Crippen LogP contribution in [0.25, 0.3) is 10.9 Å². The van der Waals surface area contributed by atoms with Crippen LogP contribution in [-0.2, 0) is 14.3 Å². The Bertz CT molecular complexity index is 1100. The standard InChI is InChI=1S/C25H28N4O3/c1-3-32-25(30)18-11-13-28(14-12-18)22-6-4-5-17-7-10-23(27-24(17)22)29-16-26-20-15-19(31-2)8-9-21(20)29/h4-10,15-16,18,20-21H,3,11-14H2,1-2H3. The summed E-state index contributed by atoms with van der Waals surface area (Å²) >= 11 is 0. The van der Waals surface area contributed by atoms with E-state index in [2.05, 4.69) is 51.2 Å². The highest BCUT2D eigenvalue weighted by molar-refractivity contribution is 5.94. The van der Waals surface area contributed by atoms with E-state index >= 15 is 0 Å². The van der Waals surface area contributed by atoms with Crippen LogP contribution in [0.4, 0.5) is 11.5 Å². The number of rotatable bonds is 5. The lowest BCUT2D eigenvalue weighted by atomic mass is 9.96. The molecule has 0 amide bonds. The predicted molar refractivity (Wildman–Crippen MR) is 126 cm³/mol. The Hall–Kier alpha value is -3.35. The summed E-state index contributed by atoms with van der Waals surface area (Å²) in [4.78, 5) is 26.3. The highest BCUT2D eigenvalue weighted by Crippen LogP contribution is 2.33. The van der Waals surface area contributed by atoms with E-state index in [1.807, 2.05) is 25.4 Å². The third-order valence-corrected chi connectivity index (χ3v) is 6.47. The van der Waals surface area contributed by atoms with Gasteiger partial charge in [0.15, 0.2) is 0 Å². The highest BCUT2D eigenvalue weighted by Gasteiger charge is 2.32. The van der Waals surface area contributed by atoms with Gasteiger partial charge in [0.1, 0.15) is 11.6 Å². The molecule has 0 N–H and O–H groups in total. The van der Waals surface area contributed by atoms with Gasteiger partial charge in [0, 0.05) is 18.5 Å². The van der Waals surface area contributed by atoms with Crippen LogP contribution in [0.3, 0.4) is 0 Å². The monoisotopic (exact) mass is 432 g/mol. The fourth-order valence-electron chi connectivity index (χ4n) is 4.73. The summed E-state index contributed by atoms with van der Waals surface area (Å²) in [5.41, 5.74) is 2.09. The molecule has 1 aromatic carbocycles. The van der Waals surface area contributed by atoms with Gasteiger partial charge >= 0.3 is 5.97 Å². The molecule has 0 spiro atoms. The molecule has 5 rings (SSSR count). The first kappa shape index (κ1) is 20.5. The number of ether oxygens (including phenoxy) is 2. The molecule has 3 aliphatic rings. The molecule has 0 radical (unpaired) electrons. The molecule has 2 unspecified atom stereocenters. The maximum Gasteiger partial charge on any atom is 0.309 e. The molecule has 1 aliphatic carbocycles. The van der Waals surface area contributed by atoms with Gasteiger partial charge in [0.25, 0.3) is 0 Å². The number of allylic oxidation sites excluding steroid dienone is 1. The minimum absolute atomic E-state index is 0.00873. The molecular formula is C25H28N4O3. The number of pyridine rings is 1. The van der Waals surface area contributed by atoms with Crippen LogP contribution < -0.4 is 9.80 Å². The van der Waals surface area contributed by atoms with Gasteiger partial charge in [-0.1, -0.05) is 18.2 Å². The topological polar surface area (TPSA) is 67.3 Å². The summed E-state index contributed by atoms with van der Waals surface area (Å²) in [6, 6.07) is 10.6. The van der Waals surface area contributed by atoms with Gasteiger partial charge in [0.2, 0.25) is 0 Å². The number of aromatic nitrogens is 1. The zero-order chi connectivity index (χ0) is 22.1. The van der Waals surface area contributed by atoms with Gasteiger partial charge < -0.3 is 19.3 Å². The van der Waals surface area contributed by atoms with Crippen LogP contribution in [0.1, 0.15) is 19.8 Å². The van der Waals surface area contributed by atoms with Crippen molar-refractivity contribution in [3.8, 4) is 0 Å². The van der Waals surface area contributed by atoms with E-state index in [4.69, 9.17) is 14.5 Å². The SMILES string of the molecule is CCOC(=O)C1CCN(c2cccc3ccc(N4C=NC5C=C(OC)C=CC54)nc23)CC1. The average Bonchev–Trinajstić information content (AvgIpc) is 3.27. The van der Waals surface area contributed by atoms with Gasteiger partial charge in [-0.05, 0) is 50.1 Å². The number of methoxy groups -OCH3 is 1. The molecule has 3 heterocycles. The van der Waals surface area contributed by atoms with Gasteiger partial charge in [-0.25, -0.2) is 4.98 Å². The zero-order valence-electron chi connectivity index (χ0n) is 18.5. The number of anilines is 2.